The Labute approximate surface area is 115 Å². The highest BCUT2D eigenvalue weighted by molar-refractivity contribution is 9.10. The van der Waals surface area contributed by atoms with E-state index in [1.807, 2.05) is 30.0 Å². The monoisotopic (exact) mass is 315 g/mol. The Morgan fingerprint density at radius 1 is 1.59 bits per heavy atom. The fraction of sp³-hybridized carbons (Fsp3) is 0.538. The number of benzene rings is 1. The summed E-state index contributed by atoms with van der Waals surface area (Å²) in [6.45, 7) is 2.39. The largest absolute Gasteiger partial charge is 0.394 e. The number of thioether (sulfide) groups is 1. The molecule has 0 radical (unpaired) electrons. The lowest BCUT2D eigenvalue weighted by Gasteiger charge is -2.42. The van der Waals surface area contributed by atoms with Gasteiger partial charge in [-0.1, -0.05) is 28.9 Å². The minimum atomic E-state index is -0.177. The van der Waals surface area contributed by atoms with E-state index in [-0.39, 0.29) is 12.1 Å². The molecule has 0 amide bonds. The van der Waals surface area contributed by atoms with Gasteiger partial charge in [0.2, 0.25) is 0 Å². The summed E-state index contributed by atoms with van der Waals surface area (Å²) in [5.41, 5.74) is 0.895. The highest BCUT2D eigenvalue weighted by Gasteiger charge is 2.38. The van der Waals surface area contributed by atoms with Crippen LogP contribution in [0.3, 0.4) is 0 Å². The van der Waals surface area contributed by atoms with E-state index in [4.69, 9.17) is 0 Å². The van der Waals surface area contributed by atoms with Crippen molar-refractivity contribution in [2.45, 2.75) is 30.6 Å². The lowest BCUT2D eigenvalue weighted by molar-refractivity contribution is 0.198. The van der Waals surface area contributed by atoms with Crippen LogP contribution in [-0.4, -0.2) is 28.3 Å². The van der Waals surface area contributed by atoms with Gasteiger partial charge in [0.15, 0.2) is 0 Å². The van der Waals surface area contributed by atoms with Crippen molar-refractivity contribution in [3.63, 3.8) is 0 Å². The van der Waals surface area contributed by atoms with Crippen LogP contribution < -0.4 is 5.32 Å². The van der Waals surface area contributed by atoms with E-state index in [1.165, 1.54) is 5.75 Å². The Morgan fingerprint density at radius 3 is 3.06 bits per heavy atom. The zero-order chi connectivity index (χ0) is 12.3. The van der Waals surface area contributed by atoms with Gasteiger partial charge in [0.1, 0.15) is 0 Å². The van der Waals surface area contributed by atoms with Crippen LogP contribution in [0.2, 0.25) is 0 Å². The van der Waals surface area contributed by atoms with E-state index >= 15 is 0 Å². The summed E-state index contributed by atoms with van der Waals surface area (Å²) in [7, 11) is 0. The van der Waals surface area contributed by atoms with Gasteiger partial charge < -0.3 is 10.4 Å². The van der Waals surface area contributed by atoms with Crippen LogP contribution in [0.15, 0.2) is 28.7 Å². The standard InChI is InChI=1S/C13H18BrNOS/c1-10-13(9-16,6-3-7-17-10)15-12-5-2-4-11(14)8-12/h2,4-5,8,10,15-16H,3,6-7,9H2,1H3. The molecular formula is C13H18BrNOS. The highest BCUT2D eigenvalue weighted by atomic mass is 79.9. The first-order chi connectivity index (χ1) is 8.16. The summed E-state index contributed by atoms with van der Waals surface area (Å²) in [5.74, 6) is 1.20. The van der Waals surface area contributed by atoms with E-state index in [0.29, 0.717) is 5.25 Å². The van der Waals surface area contributed by atoms with Gasteiger partial charge in [0.05, 0.1) is 12.1 Å². The summed E-state index contributed by atoms with van der Waals surface area (Å²) in [4.78, 5) is 0. The second-order valence-electron chi connectivity index (χ2n) is 4.57. The van der Waals surface area contributed by atoms with Gasteiger partial charge >= 0.3 is 0 Å². The lowest BCUT2D eigenvalue weighted by atomic mass is 9.90. The van der Waals surface area contributed by atoms with Gasteiger partial charge in [0.25, 0.3) is 0 Å². The number of halogens is 1. The smallest absolute Gasteiger partial charge is 0.0719 e. The lowest BCUT2D eigenvalue weighted by Crippen LogP contribution is -2.51. The van der Waals surface area contributed by atoms with Crippen molar-refractivity contribution in [1.82, 2.24) is 0 Å². The van der Waals surface area contributed by atoms with E-state index < -0.39 is 0 Å². The van der Waals surface area contributed by atoms with Crippen LogP contribution in [-0.2, 0) is 0 Å². The first kappa shape index (κ1) is 13.2. The van der Waals surface area contributed by atoms with E-state index in [2.05, 4.69) is 34.2 Å². The van der Waals surface area contributed by atoms with Gasteiger partial charge in [-0.25, -0.2) is 0 Å². The second kappa shape index (κ2) is 5.63. The average Bonchev–Trinajstić information content (AvgIpc) is 2.32. The Morgan fingerprint density at radius 2 is 2.41 bits per heavy atom. The SMILES string of the molecule is CC1SCCCC1(CO)Nc1cccc(Br)c1. The fourth-order valence-corrected chi connectivity index (χ4v) is 3.91. The van der Waals surface area contributed by atoms with Crippen molar-refractivity contribution in [2.24, 2.45) is 0 Å². The topological polar surface area (TPSA) is 32.3 Å². The Kier molecular flexibility index (Phi) is 4.39. The molecule has 2 rings (SSSR count). The summed E-state index contributed by atoms with van der Waals surface area (Å²) in [5, 5.41) is 13.7. The molecule has 1 heterocycles. The van der Waals surface area contributed by atoms with E-state index in [0.717, 1.165) is 23.0 Å². The van der Waals surface area contributed by atoms with Crippen molar-refractivity contribution in [1.29, 1.82) is 0 Å². The third-order valence-electron chi connectivity index (χ3n) is 3.41. The van der Waals surface area contributed by atoms with Crippen LogP contribution in [0.4, 0.5) is 5.69 Å². The maximum absolute atomic E-state index is 9.76. The van der Waals surface area contributed by atoms with Crippen molar-refractivity contribution < 1.29 is 5.11 Å². The number of aliphatic hydroxyl groups is 1. The molecule has 2 atom stereocenters. The molecule has 1 aliphatic rings. The number of nitrogens with one attached hydrogen (secondary N) is 1. The summed E-state index contributed by atoms with van der Waals surface area (Å²) in [6.07, 6.45) is 2.20. The van der Waals surface area contributed by atoms with Gasteiger partial charge in [-0.2, -0.15) is 11.8 Å². The van der Waals surface area contributed by atoms with Gasteiger partial charge in [0, 0.05) is 15.4 Å². The fourth-order valence-electron chi connectivity index (χ4n) is 2.28. The number of rotatable bonds is 3. The summed E-state index contributed by atoms with van der Waals surface area (Å²) < 4.78 is 1.06. The van der Waals surface area contributed by atoms with Crippen molar-refractivity contribution in [3.8, 4) is 0 Å². The molecular weight excluding hydrogens is 298 g/mol. The molecule has 2 nitrogen and oxygen atoms in total. The van der Waals surface area contributed by atoms with E-state index in [1.54, 1.807) is 0 Å². The number of hydrogen-bond acceptors (Lipinski definition) is 3. The van der Waals surface area contributed by atoms with Crippen molar-refractivity contribution in [3.05, 3.63) is 28.7 Å². The maximum Gasteiger partial charge on any atom is 0.0719 e. The highest BCUT2D eigenvalue weighted by Crippen LogP contribution is 2.36. The van der Waals surface area contributed by atoms with Gasteiger partial charge in [-0.05, 0) is 36.8 Å². The molecule has 0 bridgehead atoms. The van der Waals surface area contributed by atoms with Gasteiger partial charge in [-0.3, -0.25) is 0 Å². The molecule has 94 valence electrons. The Hall–Kier alpha value is -0.190. The summed E-state index contributed by atoms with van der Waals surface area (Å²) >= 11 is 5.41. The Balaban J connectivity index is 2.18. The zero-order valence-electron chi connectivity index (χ0n) is 9.95. The summed E-state index contributed by atoms with van der Waals surface area (Å²) in [6, 6.07) is 8.13. The molecule has 0 aliphatic carbocycles. The molecule has 0 spiro atoms. The van der Waals surface area contributed by atoms with Crippen LogP contribution in [0, 0.1) is 0 Å². The molecule has 1 aromatic carbocycles. The maximum atomic E-state index is 9.76. The molecule has 4 heteroatoms. The zero-order valence-corrected chi connectivity index (χ0v) is 12.4. The average molecular weight is 316 g/mol. The molecule has 1 aliphatic heterocycles. The minimum absolute atomic E-state index is 0.177. The van der Waals surface area contributed by atoms with Crippen LogP contribution in [0.1, 0.15) is 19.8 Å². The van der Waals surface area contributed by atoms with Crippen LogP contribution in [0.25, 0.3) is 0 Å². The van der Waals surface area contributed by atoms with E-state index in [9.17, 15) is 5.11 Å². The normalized spacial score (nSPS) is 29.0. The van der Waals surface area contributed by atoms with Crippen LogP contribution >= 0.6 is 27.7 Å². The molecule has 0 aromatic heterocycles. The third-order valence-corrected chi connectivity index (χ3v) is 5.38. The predicted octanol–water partition coefficient (Wildman–Crippen LogP) is 3.51. The van der Waals surface area contributed by atoms with Crippen LogP contribution in [0.5, 0.6) is 0 Å². The van der Waals surface area contributed by atoms with Gasteiger partial charge in [-0.15, -0.1) is 0 Å². The third kappa shape index (κ3) is 2.98. The van der Waals surface area contributed by atoms with Crippen molar-refractivity contribution in [2.75, 3.05) is 17.7 Å². The van der Waals surface area contributed by atoms with Crippen molar-refractivity contribution >= 4 is 33.4 Å². The first-order valence-corrected chi connectivity index (χ1v) is 7.77. The quantitative estimate of drug-likeness (QED) is 0.895. The molecule has 2 N–H and O–H groups in total. The molecule has 17 heavy (non-hydrogen) atoms. The number of hydrogen-bond donors (Lipinski definition) is 2. The Bertz CT molecular complexity index is 387. The first-order valence-electron chi connectivity index (χ1n) is 5.92. The minimum Gasteiger partial charge on any atom is -0.394 e. The molecule has 0 saturated carbocycles. The molecule has 1 fully saturated rings. The predicted molar refractivity (Wildman–Crippen MR) is 78.7 cm³/mol. The molecule has 1 aromatic rings. The number of anilines is 1. The molecule has 2 unspecified atom stereocenters. The second-order valence-corrected chi connectivity index (χ2v) is 6.93. The molecule has 1 saturated heterocycles. The number of aliphatic hydroxyl groups excluding tert-OH is 1.